The van der Waals surface area contributed by atoms with Crippen molar-refractivity contribution in [1.82, 2.24) is 5.32 Å². The number of para-hydroxylation sites is 1. The maximum Gasteiger partial charge on any atom is 0.244 e. The van der Waals surface area contributed by atoms with Crippen LogP contribution in [0.2, 0.25) is 0 Å². The number of rotatable bonds is 8. The highest BCUT2D eigenvalue weighted by molar-refractivity contribution is 7.92. The minimum Gasteiger partial charge on any atom is -0.457 e. The van der Waals surface area contributed by atoms with Crippen molar-refractivity contribution in [1.29, 1.82) is 0 Å². The lowest BCUT2D eigenvalue weighted by molar-refractivity contribution is -0.123. The van der Waals surface area contributed by atoms with E-state index >= 15 is 0 Å². The Bertz CT molecular complexity index is 978. The van der Waals surface area contributed by atoms with Crippen molar-refractivity contribution >= 4 is 21.6 Å². The number of carbonyl (C=O) groups excluding carboxylic acids is 1. The lowest BCUT2D eigenvalue weighted by Gasteiger charge is -2.36. The van der Waals surface area contributed by atoms with Gasteiger partial charge in [0.1, 0.15) is 17.5 Å². The summed E-state index contributed by atoms with van der Waals surface area (Å²) in [5.74, 6) is 0.917. The molecule has 0 fully saturated rings. The van der Waals surface area contributed by atoms with Crippen LogP contribution < -0.4 is 14.4 Å². The molecule has 0 bridgehead atoms. The molecule has 0 radical (unpaired) electrons. The van der Waals surface area contributed by atoms with E-state index in [2.05, 4.69) is 26.1 Å². The number of nitrogens with zero attached hydrogens (tertiary/aromatic N) is 1. The molecule has 1 amide bonds. The summed E-state index contributed by atoms with van der Waals surface area (Å²) >= 11 is 0. The molecule has 2 aromatic carbocycles. The Morgan fingerprint density at radius 3 is 1.97 bits per heavy atom. The normalized spacial score (nSPS) is 13.4. The molecule has 0 aromatic heterocycles. The van der Waals surface area contributed by atoms with E-state index in [4.69, 9.17) is 4.74 Å². The van der Waals surface area contributed by atoms with Crippen molar-refractivity contribution in [2.75, 3.05) is 10.6 Å². The van der Waals surface area contributed by atoms with Crippen LogP contribution in [0.3, 0.4) is 0 Å². The zero-order chi connectivity index (χ0) is 23.4. The van der Waals surface area contributed by atoms with Gasteiger partial charge in [-0.2, -0.15) is 0 Å². The summed E-state index contributed by atoms with van der Waals surface area (Å²) in [5.41, 5.74) is -0.0511. The van der Waals surface area contributed by atoms with Gasteiger partial charge in [0.25, 0.3) is 0 Å². The highest BCUT2D eigenvalue weighted by Crippen LogP contribution is 2.29. The summed E-state index contributed by atoms with van der Waals surface area (Å²) < 4.78 is 32.0. The molecule has 6 nitrogen and oxygen atoms in total. The maximum atomic E-state index is 13.0. The molecule has 0 aliphatic heterocycles. The summed E-state index contributed by atoms with van der Waals surface area (Å²) in [6.07, 6.45) is 1.86. The van der Waals surface area contributed by atoms with Crippen LogP contribution in [0.4, 0.5) is 5.69 Å². The molecule has 0 heterocycles. The Kier molecular flexibility index (Phi) is 7.42. The average molecular weight is 447 g/mol. The van der Waals surface area contributed by atoms with Crippen LogP contribution >= 0.6 is 0 Å². The smallest absolute Gasteiger partial charge is 0.244 e. The number of ether oxygens (including phenoxy) is 1. The molecule has 1 atom stereocenters. The zero-order valence-electron chi connectivity index (χ0n) is 19.5. The molecule has 0 spiro atoms. The minimum atomic E-state index is -3.69. The molecule has 2 rings (SSSR count). The number of nitrogens with one attached hydrogen (secondary N) is 1. The van der Waals surface area contributed by atoms with Gasteiger partial charge in [0.05, 0.1) is 11.9 Å². The molecule has 1 N–H and O–H groups in total. The van der Waals surface area contributed by atoms with Crippen molar-refractivity contribution < 1.29 is 17.9 Å². The van der Waals surface area contributed by atoms with Crippen LogP contribution in [-0.2, 0) is 14.8 Å². The molecular weight excluding hydrogens is 412 g/mol. The molecule has 2 aromatic rings. The fraction of sp³-hybridized carbons (Fsp3) is 0.458. The van der Waals surface area contributed by atoms with Crippen LogP contribution in [0.15, 0.2) is 54.6 Å². The second kappa shape index (κ2) is 9.30. The number of anilines is 1. The van der Waals surface area contributed by atoms with Crippen molar-refractivity contribution in [3.8, 4) is 11.5 Å². The van der Waals surface area contributed by atoms with E-state index < -0.39 is 21.6 Å². The molecule has 31 heavy (non-hydrogen) atoms. The highest BCUT2D eigenvalue weighted by Gasteiger charge is 2.33. The Morgan fingerprint density at radius 2 is 1.48 bits per heavy atom. The van der Waals surface area contributed by atoms with Gasteiger partial charge in [-0.25, -0.2) is 8.42 Å². The van der Waals surface area contributed by atoms with Gasteiger partial charge in [-0.15, -0.1) is 0 Å². The van der Waals surface area contributed by atoms with Crippen molar-refractivity contribution in [2.45, 2.75) is 59.5 Å². The van der Waals surface area contributed by atoms with Gasteiger partial charge in [-0.1, -0.05) is 39.0 Å². The van der Waals surface area contributed by atoms with E-state index in [-0.39, 0.29) is 11.3 Å². The fourth-order valence-electron chi connectivity index (χ4n) is 3.90. The number of benzene rings is 2. The Hall–Kier alpha value is -2.54. The first-order valence-electron chi connectivity index (χ1n) is 10.3. The van der Waals surface area contributed by atoms with Gasteiger partial charge in [-0.05, 0) is 69.0 Å². The molecule has 7 heteroatoms. The standard InChI is InChI=1S/C24H34N2O4S/c1-18(22(27)25-24(5,6)17-23(2,3)4)26(31(7,28)29)19-13-15-21(16-14-19)30-20-11-9-8-10-12-20/h8-16,18H,17H2,1-7H3,(H,25,27). The first-order chi connectivity index (χ1) is 14.2. The van der Waals surface area contributed by atoms with Gasteiger partial charge < -0.3 is 10.1 Å². The zero-order valence-corrected chi connectivity index (χ0v) is 20.3. The summed E-state index contributed by atoms with van der Waals surface area (Å²) in [4.78, 5) is 13.0. The number of carbonyl (C=O) groups is 1. The van der Waals surface area contributed by atoms with E-state index in [1.54, 1.807) is 31.2 Å². The topological polar surface area (TPSA) is 75.7 Å². The second-order valence-corrected chi connectivity index (χ2v) is 11.6. The van der Waals surface area contributed by atoms with E-state index in [1.165, 1.54) is 0 Å². The number of hydrogen-bond acceptors (Lipinski definition) is 4. The van der Waals surface area contributed by atoms with E-state index in [0.717, 1.165) is 17.0 Å². The molecular formula is C24H34N2O4S. The van der Waals surface area contributed by atoms with Crippen molar-refractivity contribution in [2.24, 2.45) is 5.41 Å². The molecule has 1 unspecified atom stereocenters. The van der Waals surface area contributed by atoms with Crippen molar-refractivity contribution in [3.63, 3.8) is 0 Å². The Morgan fingerprint density at radius 1 is 0.968 bits per heavy atom. The van der Waals surface area contributed by atoms with Crippen LogP contribution in [-0.4, -0.2) is 32.2 Å². The third kappa shape index (κ3) is 7.58. The monoisotopic (exact) mass is 446 g/mol. The second-order valence-electron chi connectivity index (χ2n) is 9.75. The first kappa shape index (κ1) is 24.7. The van der Waals surface area contributed by atoms with Gasteiger partial charge in [0.15, 0.2) is 0 Å². The summed E-state index contributed by atoms with van der Waals surface area (Å²) in [6.45, 7) is 11.8. The Balaban J connectivity index is 2.22. The van der Waals surface area contributed by atoms with Crippen LogP contribution in [0, 0.1) is 5.41 Å². The lowest BCUT2D eigenvalue weighted by atomic mass is 9.81. The fourth-order valence-corrected chi connectivity index (χ4v) is 5.08. The predicted octanol–water partition coefficient (Wildman–Crippen LogP) is 4.96. The number of hydrogen-bond donors (Lipinski definition) is 1. The maximum absolute atomic E-state index is 13.0. The van der Waals surface area contributed by atoms with Gasteiger partial charge >= 0.3 is 0 Å². The van der Waals surface area contributed by atoms with Gasteiger partial charge in [0, 0.05) is 5.54 Å². The predicted molar refractivity (Wildman–Crippen MR) is 126 cm³/mol. The lowest BCUT2D eigenvalue weighted by Crippen LogP contribution is -2.54. The molecule has 0 saturated carbocycles. The summed E-state index contributed by atoms with van der Waals surface area (Å²) in [7, 11) is -3.69. The highest BCUT2D eigenvalue weighted by atomic mass is 32.2. The Labute approximate surface area is 186 Å². The molecule has 0 aliphatic carbocycles. The number of sulfonamides is 1. The number of amides is 1. The summed E-state index contributed by atoms with van der Waals surface area (Å²) in [6, 6.07) is 15.1. The SMILES string of the molecule is CC(C(=O)NC(C)(C)CC(C)(C)C)N(c1ccc(Oc2ccccc2)cc1)S(C)(=O)=O. The third-order valence-electron chi connectivity index (χ3n) is 4.59. The average Bonchev–Trinajstić information content (AvgIpc) is 2.60. The molecule has 170 valence electrons. The van der Waals surface area contributed by atoms with E-state index in [0.29, 0.717) is 17.2 Å². The third-order valence-corrected chi connectivity index (χ3v) is 5.83. The van der Waals surface area contributed by atoms with Gasteiger partial charge in [-0.3, -0.25) is 9.10 Å². The first-order valence-corrected chi connectivity index (χ1v) is 12.2. The van der Waals surface area contributed by atoms with Crippen LogP contribution in [0.1, 0.15) is 48.0 Å². The van der Waals surface area contributed by atoms with Gasteiger partial charge in [0.2, 0.25) is 15.9 Å². The molecule has 0 aliphatic rings. The van der Waals surface area contributed by atoms with Crippen LogP contribution in [0.5, 0.6) is 11.5 Å². The quantitative estimate of drug-likeness (QED) is 0.621. The van der Waals surface area contributed by atoms with Crippen LogP contribution in [0.25, 0.3) is 0 Å². The van der Waals surface area contributed by atoms with E-state index in [1.807, 2.05) is 44.2 Å². The molecule has 0 saturated heterocycles. The minimum absolute atomic E-state index is 0.0190. The summed E-state index contributed by atoms with van der Waals surface area (Å²) in [5, 5.41) is 3.01. The van der Waals surface area contributed by atoms with Crippen molar-refractivity contribution in [3.05, 3.63) is 54.6 Å². The van der Waals surface area contributed by atoms with E-state index in [9.17, 15) is 13.2 Å². The largest absolute Gasteiger partial charge is 0.457 e.